The largest absolute Gasteiger partial charge is 0.387 e. The molecule has 25 heavy (non-hydrogen) atoms. The minimum atomic E-state index is 0.893. The molecule has 1 saturated heterocycles. The van der Waals surface area contributed by atoms with Crippen LogP contribution in [0.1, 0.15) is 12.8 Å². The maximum absolute atomic E-state index is 4.92. The van der Waals surface area contributed by atoms with Crippen molar-refractivity contribution in [3.8, 4) is 0 Å². The molecule has 0 aromatic carbocycles. The molecule has 0 unspecified atom stereocenters. The Morgan fingerprint density at radius 1 is 1.04 bits per heavy atom. The summed E-state index contributed by atoms with van der Waals surface area (Å²) < 4.78 is 0. The lowest BCUT2D eigenvalue weighted by Gasteiger charge is -2.35. The Balaban J connectivity index is 1.49. The number of allylic oxidation sites excluding steroid dienone is 4. The molecule has 1 saturated carbocycles. The van der Waals surface area contributed by atoms with Crippen molar-refractivity contribution in [1.82, 2.24) is 20.4 Å². The van der Waals surface area contributed by atoms with Gasteiger partial charge in [0.1, 0.15) is 5.84 Å². The molecule has 4 aliphatic heterocycles. The molecule has 5 nitrogen and oxygen atoms in total. The Kier molecular flexibility index (Phi) is 3.59. The molecule has 5 aliphatic rings. The van der Waals surface area contributed by atoms with Gasteiger partial charge in [-0.15, -0.1) is 0 Å². The Hall–Kier alpha value is -2.53. The van der Waals surface area contributed by atoms with Crippen LogP contribution in [0, 0.1) is 0 Å². The van der Waals surface area contributed by atoms with Crippen molar-refractivity contribution in [3.63, 3.8) is 0 Å². The van der Waals surface area contributed by atoms with E-state index < -0.39 is 0 Å². The molecule has 0 atom stereocenters. The van der Waals surface area contributed by atoms with Crippen LogP contribution >= 0.6 is 0 Å². The van der Waals surface area contributed by atoms with Crippen molar-refractivity contribution in [2.75, 3.05) is 32.7 Å². The van der Waals surface area contributed by atoms with Gasteiger partial charge in [-0.1, -0.05) is 12.2 Å². The number of piperazine rings is 1. The summed E-state index contributed by atoms with van der Waals surface area (Å²) in [6, 6.07) is 0. The van der Waals surface area contributed by atoms with Gasteiger partial charge in [0.2, 0.25) is 0 Å². The van der Waals surface area contributed by atoms with Gasteiger partial charge in [-0.3, -0.25) is 4.90 Å². The number of hydrogen-bond acceptors (Lipinski definition) is 5. The first kappa shape index (κ1) is 14.8. The number of rotatable bonds is 2. The lowest BCUT2D eigenvalue weighted by Crippen LogP contribution is -2.43. The number of nitrogens with zero attached hydrogens (tertiary/aromatic N) is 3. The zero-order valence-corrected chi connectivity index (χ0v) is 14.3. The highest BCUT2D eigenvalue weighted by atomic mass is 15.3. The maximum Gasteiger partial charge on any atom is 0.137 e. The van der Waals surface area contributed by atoms with E-state index in [0.29, 0.717) is 0 Å². The van der Waals surface area contributed by atoms with Gasteiger partial charge in [0.25, 0.3) is 0 Å². The SMILES string of the molecule is C1=CC(C2=CC(=C3CC3)N3C=C(N4CCNCC4)C=CC3=N2)=CNC1. The van der Waals surface area contributed by atoms with Crippen molar-refractivity contribution in [3.05, 3.63) is 71.0 Å². The van der Waals surface area contributed by atoms with Crippen LogP contribution in [0.5, 0.6) is 0 Å². The smallest absolute Gasteiger partial charge is 0.137 e. The van der Waals surface area contributed by atoms with Crippen LogP contribution < -0.4 is 10.6 Å². The standard InChI is InChI=1S/C20H23N5/c1-2-16(13-22-7-1)18-12-19(15-3-4-15)25-14-17(5-6-20(25)23-18)24-10-8-21-9-11-24/h1-2,5-6,12-14,21-22H,3-4,7-11H2. The van der Waals surface area contributed by atoms with Crippen LogP contribution in [0.15, 0.2) is 76.0 Å². The summed E-state index contributed by atoms with van der Waals surface area (Å²) >= 11 is 0. The second kappa shape index (κ2) is 6.08. The number of fused-ring (bicyclic) bond motifs is 1. The average Bonchev–Trinajstić information content (AvgIpc) is 3.53. The zero-order valence-electron chi connectivity index (χ0n) is 14.3. The first-order valence-electron chi connectivity index (χ1n) is 9.16. The van der Waals surface area contributed by atoms with E-state index in [1.54, 1.807) is 0 Å². The number of aliphatic imine (C=N–C) groups is 1. The first-order valence-corrected chi connectivity index (χ1v) is 9.16. The molecular formula is C20H23N5. The van der Waals surface area contributed by atoms with Gasteiger partial charge in [-0.05, 0) is 36.6 Å². The van der Waals surface area contributed by atoms with E-state index in [0.717, 1.165) is 49.8 Å². The summed E-state index contributed by atoms with van der Waals surface area (Å²) in [5, 5.41) is 6.70. The lowest BCUT2D eigenvalue weighted by atomic mass is 10.1. The number of dihydropyridines is 1. The van der Waals surface area contributed by atoms with E-state index in [9.17, 15) is 0 Å². The monoisotopic (exact) mass is 333 g/mol. The van der Waals surface area contributed by atoms with Crippen LogP contribution in [-0.4, -0.2) is 48.4 Å². The summed E-state index contributed by atoms with van der Waals surface area (Å²) in [5.41, 5.74) is 6.34. The summed E-state index contributed by atoms with van der Waals surface area (Å²) in [4.78, 5) is 9.65. The fourth-order valence-electron chi connectivity index (χ4n) is 3.60. The summed E-state index contributed by atoms with van der Waals surface area (Å²) in [6.45, 7) is 5.12. The molecule has 5 rings (SSSR count). The third-order valence-electron chi connectivity index (χ3n) is 5.11. The van der Waals surface area contributed by atoms with E-state index in [-0.39, 0.29) is 0 Å². The minimum Gasteiger partial charge on any atom is -0.387 e. The number of amidine groups is 1. The summed E-state index contributed by atoms with van der Waals surface area (Å²) in [5.74, 6) is 1.02. The molecule has 1 aliphatic carbocycles. The van der Waals surface area contributed by atoms with Gasteiger partial charge >= 0.3 is 0 Å². The van der Waals surface area contributed by atoms with E-state index >= 15 is 0 Å². The normalized spacial score (nSPS) is 25.0. The molecule has 0 aromatic rings. The van der Waals surface area contributed by atoms with Crippen molar-refractivity contribution in [1.29, 1.82) is 0 Å². The molecular weight excluding hydrogens is 310 g/mol. The topological polar surface area (TPSA) is 42.9 Å². The average molecular weight is 333 g/mol. The summed E-state index contributed by atoms with van der Waals surface area (Å²) in [6.07, 6.45) is 17.7. The van der Waals surface area contributed by atoms with E-state index in [1.807, 2.05) is 0 Å². The minimum absolute atomic E-state index is 0.893. The molecule has 0 bridgehead atoms. The summed E-state index contributed by atoms with van der Waals surface area (Å²) in [7, 11) is 0. The highest BCUT2D eigenvalue weighted by Crippen LogP contribution is 2.38. The molecule has 2 N–H and O–H groups in total. The Labute approximate surface area is 148 Å². The fraction of sp³-hybridized carbons (Fsp3) is 0.350. The van der Waals surface area contributed by atoms with Crippen molar-refractivity contribution >= 4 is 5.84 Å². The highest BCUT2D eigenvalue weighted by Gasteiger charge is 2.28. The second-order valence-corrected chi connectivity index (χ2v) is 6.89. The van der Waals surface area contributed by atoms with E-state index in [2.05, 4.69) is 63.2 Å². The van der Waals surface area contributed by atoms with E-state index in [1.165, 1.54) is 29.8 Å². The van der Waals surface area contributed by atoms with Crippen LogP contribution in [0.25, 0.3) is 0 Å². The maximum atomic E-state index is 4.92. The third-order valence-corrected chi connectivity index (χ3v) is 5.11. The van der Waals surface area contributed by atoms with Crippen LogP contribution in [0.4, 0.5) is 0 Å². The molecule has 5 heteroatoms. The van der Waals surface area contributed by atoms with Crippen molar-refractivity contribution in [2.45, 2.75) is 12.8 Å². The molecule has 0 spiro atoms. The first-order chi connectivity index (χ1) is 12.4. The molecule has 128 valence electrons. The quantitative estimate of drug-likeness (QED) is 0.811. The van der Waals surface area contributed by atoms with Gasteiger partial charge in [0, 0.05) is 56.4 Å². The number of hydrogen-bond donors (Lipinski definition) is 2. The highest BCUT2D eigenvalue weighted by molar-refractivity contribution is 5.99. The van der Waals surface area contributed by atoms with E-state index in [4.69, 9.17) is 4.99 Å². The molecule has 0 radical (unpaired) electrons. The van der Waals surface area contributed by atoms with Crippen LogP contribution in [-0.2, 0) is 0 Å². The Morgan fingerprint density at radius 2 is 1.92 bits per heavy atom. The predicted octanol–water partition coefficient (Wildman–Crippen LogP) is 1.99. The molecule has 2 fully saturated rings. The number of nitrogens with one attached hydrogen (secondary N) is 2. The predicted molar refractivity (Wildman–Crippen MR) is 101 cm³/mol. The molecule has 0 amide bonds. The fourth-order valence-corrected chi connectivity index (χ4v) is 3.60. The van der Waals surface area contributed by atoms with Crippen LogP contribution in [0.3, 0.4) is 0 Å². The van der Waals surface area contributed by atoms with Gasteiger partial charge in [-0.2, -0.15) is 0 Å². The third kappa shape index (κ3) is 2.85. The van der Waals surface area contributed by atoms with Gasteiger partial charge in [-0.25, -0.2) is 4.99 Å². The second-order valence-electron chi connectivity index (χ2n) is 6.89. The van der Waals surface area contributed by atoms with Gasteiger partial charge in [0.05, 0.1) is 11.4 Å². The van der Waals surface area contributed by atoms with Gasteiger partial charge < -0.3 is 15.5 Å². The van der Waals surface area contributed by atoms with Gasteiger partial charge in [0.15, 0.2) is 0 Å². The zero-order chi connectivity index (χ0) is 16.6. The van der Waals surface area contributed by atoms with Crippen LogP contribution in [0.2, 0.25) is 0 Å². The molecule has 4 heterocycles. The molecule has 0 aromatic heterocycles. The Morgan fingerprint density at radius 3 is 2.68 bits per heavy atom. The Bertz CT molecular complexity index is 794. The van der Waals surface area contributed by atoms with Crippen molar-refractivity contribution in [2.24, 2.45) is 4.99 Å². The van der Waals surface area contributed by atoms with Crippen molar-refractivity contribution < 1.29 is 0 Å². The lowest BCUT2D eigenvalue weighted by molar-refractivity contribution is 0.303.